The second kappa shape index (κ2) is 3.56. The lowest BCUT2D eigenvalue weighted by atomic mass is 10.2. The number of carbonyl (C=O) groups is 1. The van der Waals surface area contributed by atoms with Crippen LogP contribution in [0.5, 0.6) is 0 Å². The standard InChI is InChI=1S/C9H9N3O3/c1-2-15-9(13)6-3-4-10-8-7(6)5-11-12(8)14/h3-5,14H,2H2,1H3. The van der Waals surface area contributed by atoms with E-state index in [2.05, 4.69) is 10.1 Å². The normalized spacial score (nSPS) is 10.5. The number of nitrogens with zero attached hydrogens (tertiary/aromatic N) is 3. The molecule has 2 aromatic rings. The quantitative estimate of drug-likeness (QED) is 0.583. The van der Waals surface area contributed by atoms with Crippen molar-refractivity contribution in [2.24, 2.45) is 0 Å². The van der Waals surface area contributed by atoms with Gasteiger partial charge in [0, 0.05) is 6.20 Å². The van der Waals surface area contributed by atoms with Gasteiger partial charge in [-0.15, -0.1) is 5.10 Å². The Morgan fingerprint density at radius 1 is 1.67 bits per heavy atom. The lowest BCUT2D eigenvalue weighted by molar-refractivity contribution is 0.0528. The van der Waals surface area contributed by atoms with Crippen molar-refractivity contribution >= 4 is 17.0 Å². The molecule has 0 aromatic carbocycles. The molecule has 0 saturated carbocycles. The average molecular weight is 207 g/mol. The van der Waals surface area contributed by atoms with E-state index in [0.29, 0.717) is 22.4 Å². The molecule has 2 rings (SSSR count). The van der Waals surface area contributed by atoms with Crippen LogP contribution in [-0.4, -0.2) is 32.7 Å². The number of rotatable bonds is 2. The molecule has 0 atom stereocenters. The fourth-order valence-corrected chi connectivity index (χ4v) is 1.30. The molecule has 1 N–H and O–H groups in total. The number of esters is 1. The zero-order valence-corrected chi connectivity index (χ0v) is 8.04. The highest BCUT2D eigenvalue weighted by molar-refractivity contribution is 6.02. The van der Waals surface area contributed by atoms with Crippen LogP contribution in [0.4, 0.5) is 0 Å². The van der Waals surface area contributed by atoms with Crippen molar-refractivity contribution in [1.82, 2.24) is 14.9 Å². The summed E-state index contributed by atoms with van der Waals surface area (Å²) < 4.78 is 4.86. The number of aromatic nitrogens is 3. The van der Waals surface area contributed by atoms with Crippen LogP contribution in [0.15, 0.2) is 18.5 Å². The Morgan fingerprint density at radius 3 is 3.20 bits per heavy atom. The van der Waals surface area contributed by atoms with E-state index < -0.39 is 5.97 Å². The predicted molar refractivity (Wildman–Crippen MR) is 50.7 cm³/mol. The highest BCUT2D eigenvalue weighted by Crippen LogP contribution is 2.15. The van der Waals surface area contributed by atoms with Gasteiger partial charge in [-0.3, -0.25) is 0 Å². The summed E-state index contributed by atoms with van der Waals surface area (Å²) in [5.41, 5.74) is 0.586. The van der Waals surface area contributed by atoms with Gasteiger partial charge in [0.05, 0.1) is 23.8 Å². The summed E-state index contributed by atoms with van der Waals surface area (Å²) in [4.78, 5) is 16.0. The van der Waals surface area contributed by atoms with Crippen molar-refractivity contribution in [1.29, 1.82) is 0 Å². The summed E-state index contributed by atoms with van der Waals surface area (Å²) in [7, 11) is 0. The van der Waals surface area contributed by atoms with Gasteiger partial charge >= 0.3 is 5.97 Å². The van der Waals surface area contributed by atoms with Crippen molar-refractivity contribution in [3.8, 4) is 0 Å². The molecular weight excluding hydrogens is 198 g/mol. The van der Waals surface area contributed by atoms with Gasteiger partial charge in [-0.2, -0.15) is 0 Å². The molecule has 78 valence electrons. The van der Waals surface area contributed by atoms with E-state index in [1.54, 1.807) is 6.92 Å². The Bertz CT molecular complexity index is 506. The molecular formula is C9H9N3O3. The third-order valence-electron chi connectivity index (χ3n) is 1.95. The molecule has 2 aromatic heterocycles. The van der Waals surface area contributed by atoms with Gasteiger partial charge in [0.2, 0.25) is 0 Å². The smallest absolute Gasteiger partial charge is 0.338 e. The van der Waals surface area contributed by atoms with E-state index in [9.17, 15) is 10.0 Å². The lowest BCUT2D eigenvalue weighted by Gasteiger charge is -2.01. The first-order valence-corrected chi connectivity index (χ1v) is 4.43. The highest BCUT2D eigenvalue weighted by atomic mass is 16.5. The molecule has 0 amide bonds. The molecule has 6 heteroatoms. The molecule has 6 nitrogen and oxygen atoms in total. The number of ether oxygens (including phenoxy) is 1. The minimum absolute atomic E-state index is 0.237. The molecule has 0 spiro atoms. The first-order chi connectivity index (χ1) is 7.24. The zero-order valence-electron chi connectivity index (χ0n) is 8.04. The van der Waals surface area contributed by atoms with E-state index in [1.807, 2.05) is 0 Å². The molecule has 0 bridgehead atoms. The minimum atomic E-state index is -0.446. The number of pyridine rings is 1. The fourth-order valence-electron chi connectivity index (χ4n) is 1.30. The van der Waals surface area contributed by atoms with Gasteiger partial charge in [-0.1, -0.05) is 4.85 Å². The van der Waals surface area contributed by atoms with Gasteiger partial charge < -0.3 is 9.94 Å². The first-order valence-electron chi connectivity index (χ1n) is 4.43. The Balaban J connectivity index is 2.56. The van der Waals surface area contributed by atoms with Crippen LogP contribution in [-0.2, 0) is 4.74 Å². The number of hydrogen-bond acceptors (Lipinski definition) is 5. The van der Waals surface area contributed by atoms with Crippen LogP contribution in [0, 0.1) is 0 Å². The van der Waals surface area contributed by atoms with Crippen molar-refractivity contribution in [3.63, 3.8) is 0 Å². The molecule has 15 heavy (non-hydrogen) atoms. The van der Waals surface area contributed by atoms with Gasteiger partial charge in [0.1, 0.15) is 0 Å². The second-order valence-electron chi connectivity index (χ2n) is 2.85. The number of fused-ring (bicyclic) bond motifs is 1. The van der Waals surface area contributed by atoms with Gasteiger partial charge in [-0.25, -0.2) is 9.78 Å². The third kappa shape index (κ3) is 1.50. The maximum absolute atomic E-state index is 11.5. The molecule has 2 heterocycles. The van der Waals surface area contributed by atoms with Crippen molar-refractivity contribution < 1.29 is 14.7 Å². The maximum Gasteiger partial charge on any atom is 0.338 e. The van der Waals surface area contributed by atoms with Crippen molar-refractivity contribution in [2.45, 2.75) is 6.92 Å². The van der Waals surface area contributed by atoms with E-state index >= 15 is 0 Å². The van der Waals surface area contributed by atoms with Crippen LogP contribution < -0.4 is 0 Å². The van der Waals surface area contributed by atoms with Crippen LogP contribution in [0.25, 0.3) is 11.0 Å². The summed E-state index contributed by atoms with van der Waals surface area (Å²) in [5, 5.41) is 13.3. The summed E-state index contributed by atoms with van der Waals surface area (Å²) in [6.45, 7) is 2.03. The van der Waals surface area contributed by atoms with Crippen LogP contribution in [0.3, 0.4) is 0 Å². The number of carbonyl (C=O) groups excluding carboxylic acids is 1. The third-order valence-corrected chi connectivity index (χ3v) is 1.95. The maximum atomic E-state index is 11.5. The summed E-state index contributed by atoms with van der Waals surface area (Å²) >= 11 is 0. The SMILES string of the molecule is CCOC(=O)c1ccnc2c1cnn2O. The Morgan fingerprint density at radius 2 is 2.47 bits per heavy atom. The summed E-state index contributed by atoms with van der Waals surface area (Å²) in [6.07, 6.45) is 2.79. The topological polar surface area (TPSA) is 77.2 Å². The van der Waals surface area contributed by atoms with Gasteiger partial charge in [0.25, 0.3) is 0 Å². The molecule has 0 saturated heterocycles. The lowest BCUT2D eigenvalue weighted by Crippen LogP contribution is -2.05. The molecule has 0 aliphatic heterocycles. The fraction of sp³-hybridized carbons (Fsp3) is 0.222. The monoisotopic (exact) mass is 207 g/mol. The second-order valence-corrected chi connectivity index (χ2v) is 2.85. The largest absolute Gasteiger partial charge is 0.462 e. The average Bonchev–Trinajstić information content (AvgIpc) is 2.61. The van der Waals surface area contributed by atoms with Crippen molar-refractivity contribution in [2.75, 3.05) is 6.61 Å². The zero-order chi connectivity index (χ0) is 10.8. The predicted octanol–water partition coefficient (Wildman–Crippen LogP) is 0.845. The van der Waals surface area contributed by atoms with Crippen LogP contribution in [0.1, 0.15) is 17.3 Å². The Hall–Kier alpha value is -2.11. The highest BCUT2D eigenvalue weighted by Gasteiger charge is 2.14. The van der Waals surface area contributed by atoms with Gasteiger partial charge in [0.15, 0.2) is 5.65 Å². The van der Waals surface area contributed by atoms with Gasteiger partial charge in [-0.05, 0) is 13.0 Å². The summed E-state index contributed by atoms with van der Waals surface area (Å²) in [5.74, 6) is -0.446. The molecule has 0 radical (unpaired) electrons. The first kappa shape index (κ1) is 9.45. The Labute approximate surface area is 85.1 Å². The molecule has 0 aliphatic rings. The van der Waals surface area contributed by atoms with Crippen LogP contribution >= 0.6 is 0 Å². The summed E-state index contributed by atoms with van der Waals surface area (Å²) in [6, 6.07) is 1.53. The van der Waals surface area contributed by atoms with E-state index in [1.165, 1.54) is 18.5 Å². The molecule has 0 aliphatic carbocycles. The van der Waals surface area contributed by atoms with E-state index in [4.69, 9.17) is 4.74 Å². The Kier molecular flexibility index (Phi) is 2.24. The number of hydrogen-bond donors (Lipinski definition) is 1. The molecule has 0 unspecified atom stereocenters. The minimum Gasteiger partial charge on any atom is -0.462 e. The van der Waals surface area contributed by atoms with E-state index in [0.717, 1.165) is 0 Å². The van der Waals surface area contributed by atoms with E-state index in [-0.39, 0.29) is 5.65 Å². The molecule has 0 fully saturated rings. The van der Waals surface area contributed by atoms with Crippen LogP contribution in [0.2, 0.25) is 0 Å². The van der Waals surface area contributed by atoms with Crippen molar-refractivity contribution in [3.05, 3.63) is 24.0 Å².